The van der Waals surface area contributed by atoms with Gasteiger partial charge in [0.05, 0.1) is 30.4 Å². The summed E-state index contributed by atoms with van der Waals surface area (Å²) >= 11 is 0. The molecule has 0 unspecified atom stereocenters. The maximum atomic E-state index is 13.6. The zero-order chi connectivity index (χ0) is 28.6. The number of oxazole rings is 1. The lowest BCUT2D eigenvalue weighted by Gasteiger charge is -2.36. The standard InChI is InChI=1S/C29H32N6O5S/c1-29(9-10-29)20-40-26-25(18-32-35(28(26)36)23-5-3-2-4-6-23)33-12-14-34(15-13-33)41(37,38)19-22-17-21(7-8-24(22)30)27-31-11-16-39-27/h2-8,11,16-18H,9-10,12-15,19-20,30H2,1H3. The van der Waals surface area contributed by atoms with Crippen molar-refractivity contribution in [3.63, 3.8) is 0 Å². The van der Waals surface area contributed by atoms with Crippen molar-refractivity contribution < 1.29 is 17.6 Å². The molecule has 4 aromatic rings. The van der Waals surface area contributed by atoms with Gasteiger partial charge in [-0.25, -0.2) is 13.4 Å². The van der Waals surface area contributed by atoms with Gasteiger partial charge in [0.2, 0.25) is 21.7 Å². The molecule has 3 heterocycles. The van der Waals surface area contributed by atoms with E-state index in [2.05, 4.69) is 17.0 Å². The van der Waals surface area contributed by atoms with E-state index in [1.807, 2.05) is 35.2 Å². The van der Waals surface area contributed by atoms with Crippen molar-refractivity contribution in [1.82, 2.24) is 19.1 Å². The highest BCUT2D eigenvalue weighted by Gasteiger charge is 2.39. The molecule has 2 aromatic carbocycles. The van der Waals surface area contributed by atoms with Gasteiger partial charge in [0.15, 0.2) is 0 Å². The fourth-order valence-corrected chi connectivity index (χ4v) is 6.42. The van der Waals surface area contributed by atoms with E-state index >= 15 is 0 Å². The number of aromatic nitrogens is 3. The van der Waals surface area contributed by atoms with Crippen molar-refractivity contribution in [2.45, 2.75) is 25.5 Å². The van der Waals surface area contributed by atoms with Crippen LogP contribution in [0.4, 0.5) is 11.4 Å². The minimum Gasteiger partial charge on any atom is -0.486 e. The summed E-state index contributed by atoms with van der Waals surface area (Å²) < 4.78 is 41.1. The highest BCUT2D eigenvalue weighted by molar-refractivity contribution is 7.88. The number of piperazine rings is 1. The number of para-hydroxylation sites is 1. The molecular weight excluding hydrogens is 544 g/mol. The molecule has 0 amide bonds. The number of nitrogen functional groups attached to an aromatic ring is 1. The number of benzene rings is 2. The first-order valence-corrected chi connectivity index (χ1v) is 15.1. The van der Waals surface area contributed by atoms with Crippen molar-refractivity contribution in [1.29, 1.82) is 0 Å². The maximum Gasteiger partial charge on any atom is 0.316 e. The Hall–Kier alpha value is -4.16. The molecule has 6 rings (SSSR count). The van der Waals surface area contributed by atoms with Gasteiger partial charge in [-0.15, -0.1) is 0 Å². The van der Waals surface area contributed by atoms with Crippen LogP contribution in [-0.4, -0.2) is 60.3 Å². The van der Waals surface area contributed by atoms with Crippen LogP contribution in [0.5, 0.6) is 5.75 Å². The molecule has 0 spiro atoms. The van der Waals surface area contributed by atoms with E-state index in [1.54, 1.807) is 24.4 Å². The molecule has 2 N–H and O–H groups in total. The first-order chi connectivity index (χ1) is 19.7. The number of ether oxygens (including phenoxy) is 1. The molecule has 41 heavy (non-hydrogen) atoms. The summed E-state index contributed by atoms with van der Waals surface area (Å²) in [6.45, 7) is 3.85. The van der Waals surface area contributed by atoms with E-state index in [0.717, 1.165) is 12.8 Å². The minimum absolute atomic E-state index is 0.0729. The number of nitrogens with zero attached hydrogens (tertiary/aromatic N) is 5. The van der Waals surface area contributed by atoms with E-state index in [1.165, 1.54) is 21.4 Å². The van der Waals surface area contributed by atoms with E-state index in [0.29, 0.717) is 53.8 Å². The Labute approximate surface area is 238 Å². The van der Waals surface area contributed by atoms with Gasteiger partial charge in [0.1, 0.15) is 12.0 Å². The first kappa shape index (κ1) is 27.0. The van der Waals surface area contributed by atoms with Crippen LogP contribution in [0, 0.1) is 5.41 Å². The smallest absolute Gasteiger partial charge is 0.316 e. The summed E-state index contributed by atoms with van der Waals surface area (Å²) in [6, 6.07) is 14.3. The second kappa shape index (κ2) is 10.7. The van der Waals surface area contributed by atoms with Gasteiger partial charge in [-0.05, 0) is 48.7 Å². The predicted octanol–water partition coefficient (Wildman–Crippen LogP) is 3.30. The predicted molar refractivity (Wildman–Crippen MR) is 155 cm³/mol. The minimum atomic E-state index is -3.67. The summed E-state index contributed by atoms with van der Waals surface area (Å²) in [6.07, 6.45) is 6.75. The number of hydrogen-bond acceptors (Lipinski definition) is 9. The molecule has 1 saturated heterocycles. The number of nitrogens with two attached hydrogens (primary N) is 1. The van der Waals surface area contributed by atoms with Gasteiger partial charge in [0, 0.05) is 42.8 Å². The molecule has 2 fully saturated rings. The highest BCUT2D eigenvalue weighted by atomic mass is 32.2. The third kappa shape index (κ3) is 5.70. The molecule has 214 valence electrons. The van der Waals surface area contributed by atoms with Crippen molar-refractivity contribution in [3.05, 3.63) is 83.1 Å². The van der Waals surface area contributed by atoms with Crippen molar-refractivity contribution in [3.8, 4) is 22.9 Å². The number of hydrogen-bond donors (Lipinski definition) is 1. The fraction of sp³-hybridized carbons (Fsp3) is 0.345. The molecular formula is C29H32N6O5S. The Morgan fingerprint density at radius 2 is 1.83 bits per heavy atom. The summed E-state index contributed by atoms with van der Waals surface area (Å²) in [4.78, 5) is 19.7. The Kier molecular flexibility index (Phi) is 7.04. The van der Waals surface area contributed by atoms with Crippen LogP contribution in [0.2, 0.25) is 0 Å². The van der Waals surface area contributed by atoms with E-state index in [-0.39, 0.29) is 35.6 Å². The molecule has 2 aromatic heterocycles. The van der Waals surface area contributed by atoms with Crippen LogP contribution in [-0.2, 0) is 15.8 Å². The monoisotopic (exact) mass is 576 g/mol. The Morgan fingerprint density at radius 1 is 1.07 bits per heavy atom. The van der Waals surface area contributed by atoms with Crippen LogP contribution in [0.25, 0.3) is 17.1 Å². The van der Waals surface area contributed by atoms with E-state index in [4.69, 9.17) is 14.9 Å². The van der Waals surface area contributed by atoms with Gasteiger partial charge in [-0.2, -0.15) is 14.1 Å². The molecule has 0 bridgehead atoms. The van der Waals surface area contributed by atoms with E-state index < -0.39 is 10.0 Å². The molecule has 1 aliphatic heterocycles. The molecule has 1 saturated carbocycles. The normalized spacial score (nSPS) is 17.0. The second-order valence-corrected chi connectivity index (χ2v) is 12.9. The van der Waals surface area contributed by atoms with Crippen LogP contribution in [0.15, 0.2) is 76.4 Å². The van der Waals surface area contributed by atoms with Crippen molar-refractivity contribution in [2.24, 2.45) is 5.41 Å². The van der Waals surface area contributed by atoms with Gasteiger partial charge in [0.25, 0.3) is 0 Å². The van der Waals surface area contributed by atoms with Gasteiger partial charge in [-0.1, -0.05) is 25.1 Å². The topological polar surface area (TPSA) is 137 Å². The van der Waals surface area contributed by atoms with Crippen LogP contribution < -0.4 is 20.9 Å². The quantitative estimate of drug-likeness (QED) is 0.298. The lowest BCUT2D eigenvalue weighted by atomic mass is 10.1. The van der Waals surface area contributed by atoms with Crippen molar-refractivity contribution in [2.75, 3.05) is 43.4 Å². The summed E-state index contributed by atoms with van der Waals surface area (Å²) in [7, 11) is -3.67. The SMILES string of the molecule is CC1(COc2c(N3CCN(S(=O)(=O)Cc4cc(-c5ncco5)ccc4N)CC3)cnn(-c3ccccc3)c2=O)CC1. The van der Waals surface area contributed by atoms with Gasteiger partial charge in [-0.3, -0.25) is 4.79 Å². The Balaban J connectivity index is 1.20. The third-order valence-corrected chi connectivity index (χ3v) is 9.54. The third-order valence-electron chi connectivity index (χ3n) is 7.72. The average Bonchev–Trinajstić information content (AvgIpc) is 3.46. The molecule has 0 atom stereocenters. The number of rotatable bonds is 9. The van der Waals surface area contributed by atoms with Crippen LogP contribution >= 0.6 is 0 Å². The zero-order valence-electron chi connectivity index (χ0n) is 22.8. The average molecular weight is 577 g/mol. The van der Waals surface area contributed by atoms with Crippen molar-refractivity contribution >= 4 is 21.4 Å². The van der Waals surface area contributed by atoms with Crippen LogP contribution in [0.1, 0.15) is 25.3 Å². The summed E-state index contributed by atoms with van der Waals surface area (Å²) in [5.74, 6) is 0.396. The first-order valence-electron chi connectivity index (χ1n) is 13.5. The molecule has 2 aliphatic rings. The summed E-state index contributed by atoms with van der Waals surface area (Å²) in [5.41, 5.74) is 8.62. The van der Waals surface area contributed by atoms with E-state index in [9.17, 15) is 13.2 Å². The largest absolute Gasteiger partial charge is 0.486 e. The zero-order valence-corrected chi connectivity index (χ0v) is 23.6. The highest BCUT2D eigenvalue weighted by Crippen LogP contribution is 2.45. The number of sulfonamides is 1. The fourth-order valence-electron chi connectivity index (χ4n) is 4.87. The van der Waals surface area contributed by atoms with Crippen LogP contribution in [0.3, 0.4) is 0 Å². The Morgan fingerprint density at radius 3 is 2.51 bits per heavy atom. The van der Waals surface area contributed by atoms with Gasteiger partial charge >= 0.3 is 5.56 Å². The lowest BCUT2D eigenvalue weighted by molar-refractivity contribution is 0.242. The Bertz CT molecular complexity index is 1690. The molecule has 12 heteroatoms. The number of anilines is 2. The lowest BCUT2D eigenvalue weighted by Crippen LogP contribution is -2.49. The molecule has 11 nitrogen and oxygen atoms in total. The molecule has 1 aliphatic carbocycles. The maximum absolute atomic E-state index is 13.6. The van der Waals surface area contributed by atoms with Gasteiger partial charge < -0.3 is 19.8 Å². The summed E-state index contributed by atoms with van der Waals surface area (Å²) in [5, 5.41) is 4.43. The molecule has 0 radical (unpaired) electrons. The second-order valence-electron chi connectivity index (χ2n) is 10.9.